The molecular formula is C16H14O5. The quantitative estimate of drug-likeness (QED) is 0.874. The maximum atomic E-state index is 12.6. The van der Waals surface area contributed by atoms with E-state index in [0.29, 0.717) is 16.7 Å². The molecule has 1 atom stereocenters. The highest BCUT2D eigenvalue weighted by atomic mass is 16.5. The van der Waals surface area contributed by atoms with Crippen LogP contribution in [-0.4, -0.2) is 30.2 Å². The smallest absolute Gasteiger partial charge is 0.206 e. The van der Waals surface area contributed by atoms with Crippen LogP contribution in [-0.2, 0) is 9.47 Å². The van der Waals surface area contributed by atoms with E-state index in [9.17, 15) is 15.0 Å². The highest BCUT2D eigenvalue weighted by Crippen LogP contribution is 2.42. The monoisotopic (exact) mass is 286 g/mol. The Bertz CT molecular complexity index is 724. The molecule has 1 aromatic carbocycles. The van der Waals surface area contributed by atoms with Crippen LogP contribution >= 0.6 is 0 Å². The van der Waals surface area contributed by atoms with Gasteiger partial charge in [0.2, 0.25) is 11.5 Å². The molecular weight excluding hydrogens is 272 g/mol. The molecule has 1 aromatic rings. The summed E-state index contributed by atoms with van der Waals surface area (Å²) in [6.07, 6.45) is 1.68. The van der Waals surface area contributed by atoms with Crippen molar-refractivity contribution in [2.24, 2.45) is 5.92 Å². The number of hydrogen-bond acceptors (Lipinski definition) is 5. The van der Waals surface area contributed by atoms with Crippen molar-refractivity contribution >= 4 is 11.9 Å². The molecule has 2 aliphatic rings. The Morgan fingerprint density at radius 2 is 1.71 bits per heavy atom. The maximum absolute atomic E-state index is 12.6. The fourth-order valence-corrected chi connectivity index (χ4v) is 2.74. The van der Waals surface area contributed by atoms with E-state index in [1.165, 1.54) is 14.2 Å². The van der Waals surface area contributed by atoms with Crippen LogP contribution in [0.5, 0.6) is 0 Å². The summed E-state index contributed by atoms with van der Waals surface area (Å²) in [5.41, 5.74) is 1.51. The zero-order chi connectivity index (χ0) is 15.1. The number of allylic oxidation sites excluding steroid dienone is 2. The second-order valence-corrected chi connectivity index (χ2v) is 4.78. The molecule has 21 heavy (non-hydrogen) atoms. The van der Waals surface area contributed by atoms with Gasteiger partial charge in [0.15, 0.2) is 17.3 Å². The molecule has 5 nitrogen and oxygen atoms in total. The highest BCUT2D eigenvalue weighted by Gasteiger charge is 2.42. The molecule has 0 aromatic heterocycles. The Labute approximate surface area is 121 Å². The van der Waals surface area contributed by atoms with Crippen molar-refractivity contribution < 1.29 is 24.5 Å². The predicted molar refractivity (Wildman–Crippen MR) is 75.6 cm³/mol. The SMILES string of the molecule is COC1=C(O)C2=Cc3ccccc3C(=O)C2C(O)=C1OC. The molecule has 2 aliphatic carbocycles. The Morgan fingerprint density at radius 1 is 1.05 bits per heavy atom. The summed E-state index contributed by atoms with van der Waals surface area (Å²) >= 11 is 0. The number of methoxy groups -OCH3 is 2. The number of carbonyl (C=O) groups excluding carboxylic acids is 1. The zero-order valence-corrected chi connectivity index (χ0v) is 11.6. The molecule has 2 N–H and O–H groups in total. The first-order chi connectivity index (χ1) is 10.1. The fourth-order valence-electron chi connectivity index (χ4n) is 2.74. The Hall–Kier alpha value is -2.69. The molecule has 0 radical (unpaired) electrons. The number of benzene rings is 1. The molecule has 0 fully saturated rings. The summed E-state index contributed by atoms with van der Waals surface area (Å²) < 4.78 is 10.2. The number of carbonyl (C=O) groups is 1. The standard InChI is InChI=1S/C16H14O5/c1-20-15-13(18)10-7-8-5-3-4-6-9(8)12(17)11(10)14(19)16(15)21-2/h3-7,11,18-19H,1-2H3. The van der Waals surface area contributed by atoms with Crippen LogP contribution in [0.15, 0.2) is 52.9 Å². The molecule has 0 spiro atoms. The molecule has 0 aliphatic heterocycles. The van der Waals surface area contributed by atoms with Gasteiger partial charge in [-0.25, -0.2) is 0 Å². The summed E-state index contributed by atoms with van der Waals surface area (Å²) in [6, 6.07) is 7.04. The second-order valence-electron chi connectivity index (χ2n) is 4.78. The summed E-state index contributed by atoms with van der Waals surface area (Å²) in [6.45, 7) is 0. The normalized spacial score (nSPS) is 20.8. The predicted octanol–water partition coefficient (Wildman–Crippen LogP) is 2.73. The minimum absolute atomic E-state index is 0.0182. The van der Waals surface area contributed by atoms with Crippen LogP contribution in [0.2, 0.25) is 0 Å². The zero-order valence-electron chi connectivity index (χ0n) is 11.6. The molecule has 0 amide bonds. The minimum Gasteiger partial charge on any atom is -0.507 e. The van der Waals surface area contributed by atoms with Crippen molar-refractivity contribution in [1.82, 2.24) is 0 Å². The average Bonchev–Trinajstić information content (AvgIpc) is 2.50. The molecule has 108 valence electrons. The summed E-state index contributed by atoms with van der Waals surface area (Å²) in [5, 5.41) is 20.7. The van der Waals surface area contributed by atoms with Gasteiger partial charge in [-0.1, -0.05) is 24.3 Å². The lowest BCUT2D eigenvalue weighted by Gasteiger charge is -2.29. The number of ether oxygens (including phenoxy) is 2. The van der Waals surface area contributed by atoms with Crippen molar-refractivity contribution in [1.29, 1.82) is 0 Å². The third-order valence-corrected chi connectivity index (χ3v) is 3.72. The summed E-state index contributed by atoms with van der Waals surface area (Å²) in [4.78, 5) is 12.6. The third kappa shape index (κ3) is 1.74. The fraction of sp³-hybridized carbons (Fsp3) is 0.188. The van der Waals surface area contributed by atoms with Gasteiger partial charge in [0.05, 0.1) is 14.2 Å². The maximum Gasteiger partial charge on any atom is 0.206 e. The van der Waals surface area contributed by atoms with Gasteiger partial charge in [0, 0.05) is 11.1 Å². The van der Waals surface area contributed by atoms with E-state index < -0.39 is 5.92 Å². The number of rotatable bonds is 2. The molecule has 0 bridgehead atoms. The first kappa shape index (κ1) is 13.3. The summed E-state index contributed by atoms with van der Waals surface area (Å²) in [5.74, 6) is -1.70. The van der Waals surface area contributed by atoms with Crippen molar-refractivity contribution in [2.75, 3.05) is 14.2 Å². The highest BCUT2D eigenvalue weighted by molar-refractivity contribution is 6.08. The van der Waals surface area contributed by atoms with Gasteiger partial charge < -0.3 is 19.7 Å². The first-order valence-corrected chi connectivity index (χ1v) is 6.40. The largest absolute Gasteiger partial charge is 0.507 e. The van der Waals surface area contributed by atoms with E-state index in [-0.39, 0.29) is 28.8 Å². The van der Waals surface area contributed by atoms with E-state index in [1.807, 2.05) is 0 Å². The topological polar surface area (TPSA) is 76.0 Å². The van der Waals surface area contributed by atoms with Gasteiger partial charge in [0.25, 0.3) is 0 Å². The third-order valence-electron chi connectivity index (χ3n) is 3.72. The van der Waals surface area contributed by atoms with Gasteiger partial charge in [0.1, 0.15) is 5.92 Å². The Kier molecular flexibility index (Phi) is 2.97. The average molecular weight is 286 g/mol. The molecule has 5 heteroatoms. The van der Waals surface area contributed by atoms with Crippen LogP contribution in [0.3, 0.4) is 0 Å². The molecule has 3 rings (SSSR count). The lowest BCUT2D eigenvalue weighted by molar-refractivity contribution is 0.0902. The number of aliphatic hydroxyl groups is 2. The molecule has 1 unspecified atom stereocenters. The minimum atomic E-state index is -0.964. The molecule has 0 saturated heterocycles. The van der Waals surface area contributed by atoms with E-state index in [2.05, 4.69) is 0 Å². The van der Waals surface area contributed by atoms with Crippen LogP contribution in [0, 0.1) is 5.92 Å². The van der Waals surface area contributed by atoms with Crippen LogP contribution < -0.4 is 0 Å². The number of fused-ring (bicyclic) bond motifs is 2. The Morgan fingerprint density at radius 3 is 2.38 bits per heavy atom. The van der Waals surface area contributed by atoms with Gasteiger partial charge in [-0.3, -0.25) is 4.79 Å². The van der Waals surface area contributed by atoms with Gasteiger partial charge in [-0.2, -0.15) is 0 Å². The number of Topliss-reactive ketones (excluding diaryl/α,β-unsaturated/α-hetero) is 1. The lowest BCUT2D eigenvalue weighted by Crippen LogP contribution is -2.29. The molecule has 0 saturated carbocycles. The van der Waals surface area contributed by atoms with E-state index in [4.69, 9.17) is 9.47 Å². The lowest BCUT2D eigenvalue weighted by atomic mass is 9.77. The van der Waals surface area contributed by atoms with Gasteiger partial charge in [-0.15, -0.1) is 0 Å². The van der Waals surface area contributed by atoms with Crippen molar-refractivity contribution in [3.63, 3.8) is 0 Å². The Balaban J connectivity index is 2.28. The van der Waals surface area contributed by atoms with Crippen molar-refractivity contribution in [3.8, 4) is 0 Å². The number of aliphatic hydroxyl groups excluding tert-OH is 2. The van der Waals surface area contributed by atoms with E-state index in [1.54, 1.807) is 30.3 Å². The second kappa shape index (κ2) is 4.70. The van der Waals surface area contributed by atoms with Crippen LogP contribution in [0.25, 0.3) is 6.08 Å². The van der Waals surface area contributed by atoms with E-state index in [0.717, 1.165) is 0 Å². The van der Waals surface area contributed by atoms with Crippen molar-refractivity contribution in [3.05, 3.63) is 64.0 Å². The number of ketones is 1. The van der Waals surface area contributed by atoms with Gasteiger partial charge in [-0.05, 0) is 11.6 Å². The van der Waals surface area contributed by atoms with E-state index >= 15 is 0 Å². The summed E-state index contributed by atoms with van der Waals surface area (Å²) in [7, 11) is 2.70. The van der Waals surface area contributed by atoms with Crippen LogP contribution in [0.1, 0.15) is 15.9 Å². The van der Waals surface area contributed by atoms with Crippen LogP contribution in [0.4, 0.5) is 0 Å². The van der Waals surface area contributed by atoms with Gasteiger partial charge >= 0.3 is 0 Å². The first-order valence-electron chi connectivity index (χ1n) is 6.40. The molecule has 0 heterocycles. The van der Waals surface area contributed by atoms with Crippen molar-refractivity contribution in [2.45, 2.75) is 0 Å². The number of hydrogen-bond donors (Lipinski definition) is 2.